The van der Waals surface area contributed by atoms with Crippen molar-refractivity contribution in [1.29, 1.82) is 0 Å². The molecule has 0 unspecified atom stereocenters. The van der Waals surface area contributed by atoms with Crippen LogP contribution in [-0.4, -0.2) is 24.4 Å². The van der Waals surface area contributed by atoms with Gasteiger partial charge in [0.1, 0.15) is 5.70 Å². The molecule has 0 aliphatic heterocycles. The van der Waals surface area contributed by atoms with E-state index in [1.54, 1.807) is 43.3 Å². The molecule has 0 saturated carbocycles. The molecule has 6 nitrogen and oxygen atoms in total. The second-order valence-electron chi connectivity index (χ2n) is 5.83. The van der Waals surface area contributed by atoms with Gasteiger partial charge in [0.15, 0.2) is 6.61 Å². The molecule has 146 valence electrons. The molecule has 8 heteroatoms. The number of carbonyl (C=O) groups is 3. The first-order chi connectivity index (χ1) is 13.3. The second kappa shape index (κ2) is 9.92. The minimum absolute atomic E-state index is 0.0851. The van der Waals surface area contributed by atoms with E-state index in [4.69, 9.17) is 27.9 Å². The summed E-state index contributed by atoms with van der Waals surface area (Å²) in [5, 5.41) is 5.48. The minimum atomic E-state index is -0.851. The Morgan fingerprint density at radius 3 is 2.39 bits per heavy atom. The number of benzene rings is 2. The first-order valence-corrected chi connectivity index (χ1v) is 8.99. The summed E-state index contributed by atoms with van der Waals surface area (Å²) in [7, 11) is 0. The number of esters is 1. The van der Waals surface area contributed by atoms with Crippen LogP contribution in [0.25, 0.3) is 6.08 Å². The Kier molecular flexibility index (Phi) is 7.61. The Labute approximate surface area is 172 Å². The summed E-state index contributed by atoms with van der Waals surface area (Å²) < 4.78 is 5.00. The van der Waals surface area contributed by atoms with Crippen LogP contribution in [0.5, 0.6) is 0 Å². The fourth-order valence-electron chi connectivity index (χ4n) is 2.21. The number of carbonyl (C=O) groups excluding carboxylic acids is 3. The maximum atomic E-state index is 12.3. The third-order valence-corrected chi connectivity index (χ3v) is 4.33. The Bertz CT molecular complexity index is 927. The van der Waals surface area contributed by atoms with E-state index in [-0.39, 0.29) is 16.4 Å². The number of nitrogens with one attached hydrogen (secondary N) is 2. The molecular formula is C20H18Cl2N2O4. The van der Waals surface area contributed by atoms with Gasteiger partial charge in [0, 0.05) is 6.92 Å². The van der Waals surface area contributed by atoms with Gasteiger partial charge in [-0.1, -0.05) is 59.6 Å². The van der Waals surface area contributed by atoms with E-state index in [1.807, 2.05) is 6.07 Å². The Morgan fingerprint density at radius 2 is 1.75 bits per heavy atom. The molecule has 0 aliphatic rings. The fourth-order valence-corrected chi connectivity index (χ4v) is 2.67. The summed E-state index contributed by atoms with van der Waals surface area (Å²) in [4.78, 5) is 35.8. The second-order valence-corrected chi connectivity index (χ2v) is 6.61. The fraction of sp³-hybridized carbons (Fsp3) is 0.150. The predicted octanol–water partition coefficient (Wildman–Crippen LogP) is 3.96. The van der Waals surface area contributed by atoms with E-state index in [0.29, 0.717) is 10.6 Å². The van der Waals surface area contributed by atoms with Gasteiger partial charge in [0.25, 0.3) is 5.91 Å². The Morgan fingerprint density at radius 1 is 1.07 bits per heavy atom. The van der Waals surface area contributed by atoms with Gasteiger partial charge in [0.05, 0.1) is 15.7 Å². The summed E-state index contributed by atoms with van der Waals surface area (Å²) in [5.74, 6) is -1.91. The average molecular weight is 421 g/mol. The van der Waals surface area contributed by atoms with Crippen molar-refractivity contribution < 1.29 is 19.1 Å². The Balaban J connectivity index is 2.06. The highest BCUT2D eigenvalue weighted by Gasteiger charge is 2.17. The van der Waals surface area contributed by atoms with Crippen LogP contribution in [0.1, 0.15) is 18.1 Å². The molecular weight excluding hydrogens is 403 g/mol. The van der Waals surface area contributed by atoms with Crippen molar-refractivity contribution >= 4 is 52.7 Å². The molecule has 0 saturated heterocycles. The summed E-state index contributed by atoms with van der Waals surface area (Å²) in [6.45, 7) is 2.45. The third-order valence-electron chi connectivity index (χ3n) is 3.52. The van der Waals surface area contributed by atoms with Crippen LogP contribution in [0.2, 0.25) is 10.0 Å². The molecule has 2 aromatic rings. The monoisotopic (exact) mass is 420 g/mol. The highest BCUT2D eigenvalue weighted by molar-refractivity contribution is 6.40. The van der Waals surface area contributed by atoms with E-state index >= 15 is 0 Å². The molecule has 28 heavy (non-hydrogen) atoms. The van der Waals surface area contributed by atoms with Crippen LogP contribution < -0.4 is 10.6 Å². The zero-order valence-electron chi connectivity index (χ0n) is 15.2. The first kappa shape index (κ1) is 21.5. The van der Waals surface area contributed by atoms with Crippen LogP contribution in [0.4, 0.5) is 5.69 Å². The summed E-state index contributed by atoms with van der Waals surface area (Å²) in [6, 6.07) is 12.2. The van der Waals surface area contributed by atoms with E-state index in [2.05, 4.69) is 10.6 Å². The number of ether oxygens (including phenoxy) is 1. The van der Waals surface area contributed by atoms with Crippen molar-refractivity contribution in [1.82, 2.24) is 5.32 Å². The molecule has 0 atom stereocenters. The van der Waals surface area contributed by atoms with Crippen molar-refractivity contribution in [3.63, 3.8) is 0 Å². The van der Waals surface area contributed by atoms with Crippen LogP contribution in [0, 0.1) is 6.92 Å². The maximum Gasteiger partial charge on any atom is 0.355 e. The zero-order valence-corrected chi connectivity index (χ0v) is 16.7. The van der Waals surface area contributed by atoms with Gasteiger partial charge in [-0.2, -0.15) is 0 Å². The van der Waals surface area contributed by atoms with Crippen LogP contribution in [0.15, 0.2) is 48.2 Å². The lowest BCUT2D eigenvalue weighted by molar-refractivity contribution is -0.144. The number of amides is 2. The van der Waals surface area contributed by atoms with E-state index in [9.17, 15) is 14.4 Å². The Hall–Kier alpha value is -2.83. The van der Waals surface area contributed by atoms with Crippen molar-refractivity contribution in [3.05, 3.63) is 69.3 Å². The molecule has 0 heterocycles. The predicted molar refractivity (Wildman–Crippen MR) is 109 cm³/mol. The lowest BCUT2D eigenvalue weighted by Crippen LogP contribution is -2.29. The molecule has 2 N–H and O–H groups in total. The zero-order chi connectivity index (χ0) is 20.7. The molecule has 0 radical (unpaired) electrons. The third kappa shape index (κ3) is 6.11. The number of hydrogen-bond donors (Lipinski definition) is 2. The van der Waals surface area contributed by atoms with Gasteiger partial charge in [0.2, 0.25) is 5.91 Å². The van der Waals surface area contributed by atoms with E-state index in [1.165, 1.54) is 13.0 Å². The van der Waals surface area contributed by atoms with Gasteiger partial charge in [-0.25, -0.2) is 4.79 Å². The molecule has 2 amide bonds. The smallest absolute Gasteiger partial charge is 0.355 e. The van der Waals surface area contributed by atoms with E-state index < -0.39 is 24.4 Å². The number of hydrogen-bond acceptors (Lipinski definition) is 4. The number of anilines is 1. The normalized spacial score (nSPS) is 10.9. The first-order valence-electron chi connectivity index (χ1n) is 8.24. The SMILES string of the molecule is CC(=O)N/C(=C\c1ccccc1)C(=O)OCC(=O)Nc1c(Cl)ccc(C)c1Cl. The summed E-state index contributed by atoms with van der Waals surface area (Å²) in [5.41, 5.74) is 1.58. The molecule has 0 aliphatic carbocycles. The highest BCUT2D eigenvalue weighted by atomic mass is 35.5. The summed E-state index contributed by atoms with van der Waals surface area (Å²) in [6.07, 6.45) is 1.45. The molecule has 2 aromatic carbocycles. The lowest BCUT2D eigenvalue weighted by Gasteiger charge is -2.12. The molecule has 2 rings (SSSR count). The van der Waals surface area contributed by atoms with Crippen molar-refractivity contribution in [3.8, 4) is 0 Å². The number of rotatable bonds is 6. The quantitative estimate of drug-likeness (QED) is 0.546. The van der Waals surface area contributed by atoms with E-state index in [0.717, 1.165) is 5.56 Å². The highest BCUT2D eigenvalue weighted by Crippen LogP contribution is 2.32. The van der Waals surface area contributed by atoms with Gasteiger partial charge in [-0.3, -0.25) is 9.59 Å². The molecule has 0 fully saturated rings. The maximum absolute atomic E-state index is 12.3. The van der Waals surface area contributed by atoms with Gasteiger partial charge in [-0.15, -0.1) is 0 Å². The molecule has 0 spiro atoms. The minimum Gasteiger partial charge on any atom is -0.451 e. The van der Waals surface area contributed by atoms with Crippen LogP contribution >= 0.6 is 23.2 Å². The standard InChI is InChI=1S/C20H18Cl2N2O4/c1-12-8-9-15(21)19(18(12)22)24-17(26)11-28-20(27)16(23-13(2)25)10-14-6-4-3-5-7-14/h3-10H,11H2,1-2H3,(H,23,25)(H,24,26)/b16-10-. The average Bonchev–Trinajstić information content (AvgIpc) is 2.66. The van der Waals surface area contributed by atoms with Gasteiger partial charge in [-0.05, 0) is 30.2 Å². The van der Waals surface area contributed by atoms with Gasteiger partial charge < -0.3 is 15.4 Å². The number of halogens is 2. The molecule has 0 aromatic heterocycles. The van der Waals surface area contributed by atoms with Crippen molar-refractivity contribution in [2.45, 2.75) is 13.8 Å². The summed E-state index contributed by atoms with van der Waals surface area (Å²) >= 11 is 12.2. The molecule has 0 bridgehead atoms. The lowest BCUT2D eigenvalue weighted by atomic mass is 10.2. The van der Waals surface area contributed by atoms with Crippen molar-refractivity contribution in [2.24, 2.45) is 0 Å². The van der Waals surface area contributed by atoms with Crippen molar-refractivity contribution in [2.75, 3.05) is 11.9 Å². The van der Waals surface area contributed by atoms with Gasteiger partial charge >= 0.3 is 5.97 Å². The largest absolute Gasteiger partial charge is 0.451 e. The number of aryl methyl sites for hydroxylation is 1. The topological polar surface area (TPSA) is 84.5 Å². The van der Waals surface area contributed by atoms with Crippen LogP contribution in [0.3, 0.4) is 0 Å². The van der Waals surface area contributed by atoms with Crippen LogP contribution in [-0.2, 0) is 19.1 Å².